The summed E-state index contributed by atoms with van der Waals surface area (Å²) in [7, 11) is 0. The maximum Gasteiger partial charge on any atom is 0.0602 e. The summed E-state index contributed by atoms with van der Waals surface area (Å²) < 4.78 is 1.07. The van der Waals surface area contributed by atoms with Crippen LogP contribution < -0.4 is 4.90 Å². The fourth-order valence-electron chi connectivity index (χ4n) is 2.19. The van der Waals surface area contributed by atoms with Gasteiger partial charge in [-0.3, -0.25) is 4.98 Å². The monoisotopic (exact) mass is 352 g/mol. The Kier molecular flexibility index (Phi) is 5.44. The average Bonchev–Trinajstić information content (AvgIpc) is 2.45. The molecule has 0 N–H and O–H groups in total. The normalized spacial score (nSPS) is 10.6. The average molecular weight is 354 g/mol. The number of aromatic nitrogens is 1. The third kappa shape index (κ3) is 3.74. The standard InChI is InChI=1S/C16H18BrClN2/c1-3-20(11-15-6-4-5-12(2)19-15)16-9-14(17)8-7-13(16)10-18/h4-9H,3,10-11H2,1-2H3. The van der Waals surface area contributed by atoms with E-state index in [1.807, 2.05) is 19.1 Å². The third-order valence-electron chi connectivity index (χ3n) is 3.21. The molecule has 0 fully saturated rings. The maximum absolute atomic E-state index is 6.06. The molecule has 1 aromatic carbocycles. The predicted molar refractivity (Wildman–Crippen MR) is 89.4 cm³/mol. The molecule has 0 radical (unpaired) electrons. The Morgan fingerprint density at radius 2 is 2.05 bits per heavy atom. The SMILES string of the molecule is CCN(Cc1cccc(C)n1)c1cc(Br)ccc1CCl. The number of hydrogen-bond acceptors (Lipinski definition) is 2. The van der Waals surface area contributed by atoms with Gasteiger partial charge in [-0.2, -0.15) is 0 Å². The molecule has 0 aliphatic carbocycles. The number of benzene rings is 1. The Morgan fingerprint density at radius 3 is 2.70 bits per heavy atom. The molecule has 4 heteroatoms. The summed E-state index contributed by atoms with van der Waals surface area (Å²) >= 11 is 9.59. The van der Waals surface area contributed by atoms with Crippen molar-refractivity contribution >= 4 is 33.2 Å². The molecule has 0 atom stereocenters. The summed E-state index contributed by atoms with van der Waals surface area (Å²) in [4.78, 5) is 6.87. The lowest BCUT2D eigenvalue weighted by atomic mass is 10.1. The topological polar surface area (TPSA) is 16.1 Å². The van der Waals surface area contributed by atoms with Gasteiger partial charge in [-0.15, -0.1) is 11.6 Å². The molecule has 0 spiro atoms. The summed E-state index contributed by atoms with van der Waals surface area (Å²) in [6, 6.07) is 12.3. The van der Waals surface area contributed by atoms with Crippen LogP contribution in [0.25, 0.3) is 0 Å². The van der Waals surface area contributed by atoms with Crippen molar-refractivity contribution in [3.8, 4) is 0 Å². The summed E-state index contributed by atoms with van der Waals surface area (Å²) in [5.74, 6) is 0.514. The molecule has 2 nitrogen and oxygen atoms in total. The summed E-state index contributed by atoms with van der Waals surface area (Å²) in [6.45, 7) is 5.87. The number of rotatable bonds is 5. The van der Waals surface area contributed by atoms with E-state index in [4.69, 9.17) is 11.6 Å². The highest BCUT2D eigenvalue weighted by Crippen LogP contribution is 2.27. The van der Waals surface area contributed by atoms with E-state index in [2.05, 4.69) is 57.0 Å². The third-order valence-corrected chi connectivity index (χ3v) is 3.99. The fourth-order valence-corrected chi connectivity index (χ4v) is 2.77. The molecule has 2 aromatic rings. The first-order valence-corrected chi connectivity index (χ1v) is 7.98. The van der Waals surface area contributed by atoms with E-state index < -0.39 is 0 Å². The summed E-state index contributed by atoms with van der Waals surface area (Å²) in [6.07, 6.45) is 0. The van der Waals surface area contributed by atoms with Crippen LogP contribution in [0.5, 0.6) is 0 Å². The van der Waals surface area contributed by atoms with Gasteiger partial charge in [-0.1, -0.05) is 28.1 Å². The Balaban J connectivity index is 2.30. The first-order chi connectivity index (χ1) is 9.63. The van der Waals surface area contributed by atoms with Gasteiger partial charge in [0.15, 0.2) is 0 Å². The quantitative estimate of drug-likeness (QED) is 0.709. The molecular formula is C16H18BrClN2. The molecule has 0 unspecified atom stereocenters. The van der Waals surface area contributed by atoms with E-state index in [1.54, 1.807) is 0 Å². The van der Waals surface area contributed by atoms with Crippen molar-refractivity contribution in [1.29, 1.82) is 0 Å². The zero-order valence-corrected chi connectivity index (χ0v) is 14.1. The van der Waals surface area contributed by atoms with Gasteiger partial charge in [-0.05, 0) is 43.7 Å². The minimum absolute atomic E-state index is 0.514. The van der Waals surface area contributed by atoms with Crippen molar-refractivity contribution < 1.29 is 0 Å². The van der Waals surface area contributed by atoms with Crippen LogP contribution in [0.1, 0.15) is 23.9 Å². The predicted octanol–water partition coefficient (Wildman–Crippen LogP) is 4.92. The number of alkyl halides is 1. The van der Waals surface area contributed by atoms with Crippen molar-refractivity contribution in [2.75, 3.05) is 11.4 Å². The molecule has 1 aromatic heterocycles. The lowest BCUT2D eigenvalue weighted by Gasteiger charge is -2.25. The molecule has 0 bridgehead atoms. The van der Waals surface area contributed by atoms with Crippen LogP contribution in [0.4, 0.5) is 5.69 Å². The zero-order chi connectivity index (χ0) is 14.5. The molecule has 2 rings (SSSR count). The second-order valence-corrected chi connectivity index (χ2v) is 5.87. The minimum atomic E-state index is 0.514. The Bertz CT molecular complexity index is 586. The van der Waals surface area contributed by atoms with Crippen LogP contribution in [0, 0.1) is 6.92 Å². The number of nitrogens with zero attached hydrogens (tertiary/aromatic N) is 2. The minimum Gasteiger partial charge on any atom is -0.366 e. The Labute approximate surface area is 133 Å². The summed E-state index contributed by atoms with van der Waals surface area (Å²) in [5.41, 5.74) is 4.43. The highest BCUT2D eigenvalue weighted by Gasteiger charge is 2.11. The molecule has 1 heterocycles. The van der Waals surface area contributed by atoms with Crippen LogP contribution in [0.3, 0.4) is 0 Å². The molecule has 0 saturated heterocycles. The smallest absolute Gasteiger partial charge is 0.0602 e. The zero-order valence-electron chi connectivity index (χ0n) is 11.7. The van der Waals surface area contributed by atoms with Gasteiger partial charge >= 0.3 is 0 Å². The number of hydrogen-bond donors (Lipinski definition) is 0. The van der Waals surface area contributed by atoms with E-state index in [0.29, 0.717) is 5.88 Å². The van der Waals surface area contributed by atoms with Gasteiger partial charge in [0, 0.05) is 28.3 Å². The molecular weight excluding hydrogens is 336 g/mol. The first-order valence-electron chi connectivity index (χ1n) is 6.66. The molecule has 106 valence electrons. The lowest BCUT2D eigenvalue weighted by molar-refractivity contribution is 0.801. The molecule has 0 saturated carbocycles. The van der Waals surface area contributed by atoms with Gasteiger partial charge in [0.2, 0.25) is 0 Å². The van der Waals surface area contributed by atoms with Crippen LogP contribution >= 0.6 is 27.5 Å². The Morgan fingerprint density at radius 1 is 1.25 bits per heavy atom. The molecule has 0 amide bonds. The second kappa shape index (κ2) is 7.09. The van der Waals surface area contributed by atoms with Crippen LogP contribution in [0.15, 0.2) is 40.9 Å². The maximum atomic E-state index is 6.06. The number of aryl methyl sites for hydroxylation is 1. The van der Waals surface area contributed by atoms with Crippen molar-refractivity contribution in [3.63, 3.8) is 0 Å². The van der Waals surface area contributed by atoms with Gasteiger partial charge in [0.1, 0.15) is 0 Å². The van der Waals surface area contributed by atoms with Crippen LogP contribution in [-0.4, -0.2) is 11.5 Å². The van der Waals surface area contributed by atoms with Crippen molar-refractivity contribution in [1.82, 2.24) is 4.98 Å². The number of halogens is 2. The molecule has 0 aliphatic heterocycles. The van der Waals surface area contributed by atoms with Gasteiger partial charge in [-0.25, -0.2) is 0 Å². The molecule has 20 heavy (non-hydrogen) atoms. The molecule has 0 aliphatic rings. The van der Waals surface area contributed by atoms with E-state index >= 15 is 0 Å². The van der Waals surface area contributed by atoms with Crippen molar-refractivity contribution in [2.24, 2.45) is 0 Å². The van der Waals surface area contributed by atoms with Gasteiger partial charge < -0.3 is 4.90 Å². The van der Waals surface area contributed by atoms with Gasteiger partial charge in [0.05, 0.1) is 12.2 Å². The fraction of sp³-hybridized carbons (Fsp3) is 0.312. The van der Waals surface area contributed by atoms with E-state index in [-0.39, 0.29) is 0 Å². The van der Waals surface area contributed by atoms with E-state index in [1.165, 1.54) is 5.69 Å². The van der Waals surface area contributed by atoms with Crippen LogP contribution in [-0.2, 0) is 12.4 Å². The van der Waals surface area contributed by atoms with E-state index in [0.717, 1.165) is 34.5 Å². The first kappa shape index (κ1) is 15.3. The summed E-state index contributed by atoms with van der Waals surface area (Å²) in [5, 5.41) is 0. The van der Waals surface area contributed by atoms with Crippen molar-refractivity contribution in [3.05, 3.63) is 57.8 Å². The Hall–Kier alpha value is -1.06. The lowest BCUT2D eigenvalue weighted by Crippen LogP contribution is -2.23. The van der Waals surface area contributed by atoms with E-state index in [9.17, 15) is 0 Å². The van der Waals surface area contributed by atoms with Crippen LogP contribution in [0.2, 0.25) is 0 Å². The highest BCUT2D eigenvalue weighted by atomic mass is 79.9. The van der Waals surface area contributed by atoms with Gasteiger partial charge in [0.25, 0.3) is 0 Å². The number of anilines is 1. The highest BCUT2D eigenvalue weighted by molar-refractivity contribution is 9.10. The number of pyridine rings is 1. The largest absolute Gasteiger partial charge is 0.366 e. The second-order valence-electron chi connectivity index (χ2n) is 4.69. The van der Waals surface area contributed by atoms with Crippen molar-refractivity contribution in [2.45, 2.75) is 26.3 Å².